The van der Waals surface area contributed by atoms with Crippen LogP contribution < -0.4 is 15.4 Å². The first-order valence-corrected chi connectivity index (χ1v) is 7.74. The van der Waals surface area contributed by atoms with Crippen LogP contribution in [0.5, 0.6) is 5.75 Å². The Morgan fingerprint density at radius 3 is 2.82 bits per heavy atom. The second kappa shape index (κ2) is 7.68. The molecule has 1 heterocycles. The third-order valence-electron chi connectivity index (χ3n) is 3.71. The van der Waals surface area contributed by atoms with Gasteiger partial charge in [0.2, 0.25) is 0 Å². The number of rotatable bonds is 6. The van der Waals surface area contributed by atoms with Crippen LogP contribution in [0.3, 0.4) is 0 Å². The molecular formula is C16H24N4O2. The molecule has 1 aromatic rings. The van der Waals surface area contributed by atoms with Gasteiger partial charge in [0, 0.05) is 26.2 Å². The number of carbonyl (C=O) groups is 1. The lowest BCUT2D eigenvalue weighted by atomic mass is 10.2. The van der Waals surface area contributed by atoms with Crippen LogP contribution in [0.2, 0.25) is 0 Å². The molecule has 0 atom stereocenters. The number of nitrogens with zero attached hydrogens (tertiary/aromatic N) is 3. The maximum Gasteiger partial charge on any atom is 0.265 e. The Morgan fingerprint density at radius 2 is 2.09 bits per heavy atom. The lowest BCUT2D eigenvalue weighted by Gasteiger charge is -2.29. The second-order valence-electron chi connectivity index (χ2n) is 5.07. The molecule has 0 saturated carbocycles. The summed E-state index contributed by atoms with van der Waals surface area (Å²) < 4.78 is 5.43. The quantitative estimate of drug-likeness (QED) is 0.491. The number of anilines is 1. The van der Waals surface area contributed by atoms with Crippen LogP contribution in [0.25, 0.3) is 0 Å². The van der Waals surface area contributed by atoms with Gasteiger partial charge in [-0.2, -0.15) is 0 Å². The molecule has 0 aliphatic carbocycles. The van der Waals surface area contributed by atoms with Crippen LogP contribution in [0.1, 0.15) is 20.3 Å². The van der Waals surface area contributed by atoms with E-state index in [-0.39, 0.29) is 12.5 Å². The van der Waals surface area contributed by atoms with Crippen molar-refractivity contribution < 1.29 is 9.53 Å². The fourth-order valence-electron chi connectivity index (χ4n) is 2.47. The summed E-state index contributed by atoms with van der Waals surface area (Å²) >= 11 is 0. The first kappa shape index (κ1) is 16.1. The van der Waals surface area contributed by atoms with Crippen molar-refractivity contribution in [3.05, 3.63) is 24.3 Å². The standard InChI is InChI=1S/C16H24N4O2/c1-3-19(4-2)16(17)18-10-7-11-20-13-8-5-6-9-14(13)22-12-15(20)21/h5-6,8-9H,3-4,7,10-12H2,1-2H3,(H2,17,18). The number of nitrogens with two attached hydrogens (primary N) is 1. The molecule has 6 heteroatoms. The van der Waals surface area contributed by atoms with E-state index in [9.17, 15) is 4.79 Å². The number of amides is 1. The van der Waals surface area contributed by atoms with Crippen molar-refractivity contribution in [2.75, 3.05) is 37.7 Å². The lowest BCUT2D eigenvalue weighted by molar-refractivity contribution is -0.121. The molecule has 2 rings (SSSR count). The van der Waals surface area contributed by atoms with Crippen LogP contribution in [-0.2, 0) is 4.79 Å². The van der Waals surface area contributed by atoms with Crippen molar-refractivity contribution in [3.8, 4) is 5.75 Å². The Balaban J connectivity index is 1.92. The molecule has 0 fully saturated rings. The molecule has 1 amide bonds. The van der Waals surface area contributed by atoms with Gasteiger partial charge in [0.15, 0.2) is 12.6 Å². The number of ether oxygens (including phenoxy) is 1. The third kappa shape index (κ3) is 3.69. The Bertz CT molecular complexity index is 541. The van der Waals surface area contributed by atoms with Crippen molar-refractivity contribution in [3.63, 3.8) is 0 Å². The lowest BCUT2D eigenvalue weighted by Crippen LogP contribution is -2.40. The van der Waals surface area contributed by atoms with Gasteiger partial charge in [-0.15, -0.1) is 0 Å². The van der Waals surface area contributed by atoms with Crippen LogP contribution in [-0.4, -0.2) is 49.6 Å². The summed E-state index contributed by atoms with van der Waals surface area (Å²) in [6, 6.07) is 7.59. The van der Waals surface area contributed by atoms with Gasteiger partial charge in [0.1, 0.15) is 5.75 Å². The smallest absolute Gasteiger partial charge is 0.265 e. The van der Waals surface area contributed by atoms with Gasteiger partial charge >= 0.3 is 0 Å². The zero-order valence-corrected chi connectivity index (χ0v) is 13.3. The molecule has 1 aliphatic heterocycles. The maximum atomic E-state index is 12.0. The average Bonchev–Trinajstić information content (AvgIpc) is 2.54. The second-order valence-corrected chi connectivity index (χ2v) is 5.07. The van der Waals surface area contributed by atoms with E-state index in [4.69, 9.17) is 10.5 Å². The Morgan fingerprint density at radius 1 is 1.36 bits per heavy atom. The van der Waals surface area contributed by atoms with Crippen molar-refractivity contribution >= 4 is 17.6 Å². The number of hydrogen-bond acceptors (Lipinski definition) is 3. The number of fused-ring (bicyclic) bond motifs is 1. The highest BCUT2D eigenvalue weighted by Gasteiger charge is 2.24. The van der Waals surface area contributed by atoms with E-state index >= 15 is 0 Å². The topological polar surface area (TPSA) is 71.2 Å². The molecule has 0 saturated heterocycles. The first-order chi connectivity index (χ1) is 10.7. The van der Waals surface area contributed by atoms with Crippen molar-refractivity contribution in [1.82, 2.24) is 4.90 Å². The normalized spacial score (nSPS) is 14.5. The van der Waals surface area contributed by atoms with Gasteiger partial charge in [-0.3, -0.25) is 9.79 Å². The first-order valence-electron chi connectivity index (χ1n) is 7.74. The summed E-state index contributed by atoms with van der Waals surface area (Å²) in [5.41, 5.74) is 6.77. The minimum absolute atomic E-state index is 0.0144. The molecule has 0 radical (unpaired) electrons. The summed E-state index contributed by atoms with van der Waals surface area (Å²) in [5.74, 6) is 1.31. The van der Waals surface area contributed by atoms with Gasteiger partial charge in [0.25, 0.3) is 5.91 Å². The van der Waals surface area contributed by atoms with Crippen molar-refractivity contribution in [2.24, 2.45) is 10.7 Å². The Kier molecular flexibility index (Phi) is 5.63. The van der Waals surface area contributed by atoms with Crippen molar-refractivity contribution in [2.45, 2.75) is 20.3 Å². The molecule has 0 aromatic heterocycles. The van der Waals surface area contributed by atoms with E-state index < -0.39 is 0 Å². The van der Waals surface area contributed by atoms with E-state index in [0.29, 0.717) is 19.0 Å². The molecule has 6 nitrogen and oxygen atoms in total. The van der Waals surface area contributed by atoms with E-state index in [0.717, 1.165) is 30.9 Å². The maximum absolute atomic E-state index is 12.0. The van der Waals surface area contributed by atoms with Gasteiger partial charge in [-0.1, -0.05) is 12.1 Å². The number of hydrogen-bond donors (Lipinski definition) is 1. The van der Waals surface area contributed by atoms with E-state index in [1.807, 2.05) is 29.2 Å². The summed E-state index contributed by atoms with van der Waals surface area (Å²) in [4.78, 5) is 20.2. The molecular weight excluding hydrogens is 280 g/mol. The molecule has 1 aromatic carbocycles. The fraction of sp³-hybridized carbons (Fsp3) is 0.500. The minimum Gasteiger partial charge on any atom is -0.482 e. The molecule has 2 N–H and O–H groups in total. The largest absolute Gasteiger partial charge is 0.482 e. The van der Waals surface area contributed by atoms with E-state index in [1.54, 1.807) is 4.90 Å². The summed E-state index contributed by atoms with van der Waals surface area (Å²) in [5, 5.41) is 0. The summed E-state index contributed by atoms with van der Waals surface area (Å²) in [6.45, 7) is 7.12. The number of guanidine groups is 1. The monoisotopic (exact) mass is 304 g/mol. The van der Waals surface area contributed by atoms with Crippen LogP contribution in [0.15, 0.2) is 29.3 Å². The van der Waals surface area contributed by atoms with Gasteiger partial charge in [-0.25, -0.2) is 0 Å². The van der Waals surface area contributed by atoms with Crippen LogP contribution in [0, 0.1) is 0 Å². The zero-order valence-electron chi connectivity index (χ0n) is 13.3. The van der Waals surface area contributed by atoms with Crippen LogP contribution >= 0.6 is 0 Å². The highest BCUT2D eigenvalue weighted by atomic mass is 16.5. The minimum atomic E-state index is -0.0144. The highest BCUT2D eigenvalue weighted by molar-refractivity contribution is 5.97. The molecule has 120 valence electrons. The van der Waals surface area contributed by atoms with E-state index in [1.165, 1.54) is 0 Å². The molecule has 1 aliphatic rings. The average molecular weight is 304 g/mol. The predicted molar refractivity (Wildman–Crippen MR) is 88.3 cm³/mol. The highest BCUT2D eigenvalue weighted by Crippen LogP contribution is 2.31. The zero-order chi connectivity index (χ0) is 15.9. The Hall–Kier alpha value is -2.24. The number of carbonyl (C=O) groups excluding carboxylic acids is 1. The van der Waals surface area contributed by atoms with Crippen LogP contribution in [0.4, 0.5) is 5.69 Å². The van der Waals surface area contributed by atoms with Gasteiger partial charge < -0.3 is 20.3 Å². The number of aliphatic imine (C=N–C) groups is 1. The summed E-state index contributed by atoms with van der Waals surface area (Å²) in [7, 11) is 0. The molecule has 0 spiro atoms. The fourth-order valence-corrected chi connectivity index (χ4v) is 2.47. The van der Waals surface area contributed by atoms with E-state index in [2.05, 4.69) is 18.8 Å². The van der Waals surface area contributed by atoms with Gasteiger partial charge in [0.05, 0.1) is 5.69 Å². The van der Waals surface area contributed by atoms with Crippen molar-refractivity contribution in [1.29, 1.82) is 0 Å². The van der Waals surface area contributed by atoms with Gasteiger partial charge in [-0.05, 0) is 32.4 Å². The Labute approximate surface area is 131 Å². The number of para-hydroxylation sites is 2. The SMILES string of the molecule is CCN(CC)C(N)=NCCCN1C(=O)COc2ccccc21. The predicted octanol–water partition coefficient (Wildman–Crippen LogP) is 1.46. The molecule has 0 bridgehead atoms. The number of benzene rings is 1. The third-order valence-corrected chi connectivity index (χ3v) is 3.71. The molecule has 22 heavy (non-hydrogen) atoms. The summed E-state index contributed by atoms with van der Waals surface area (Å²) in [6.07, 6.45) is 0.766. The molecule has 0 unspecified atom stereocenters.